The summed E-state index contributed by atoms with van der Waals surface area (Å²) in [4.78, 5) is 4.96. The average molecular weight is 275 g/mol. The summed E-state index contributed by atoms with van der Waals surface area (Å²) in [5.74, 6) is 0. The summed E-state index contributed by atoms with van der Waals surface area (Å²) < 4.78 is 0. The lowest BCUT2D eigenvalue weighted by Crippen LogP contribution is -2.04. The fourth-order valence-corrected chi connectivity index (χ4v) is 2.38. The van der Waals surface area contributed by atoms with Gasteiger partial charge in [0.25, 0.3) is 0 Å². The van der Waals surface area contributed by atoms with Gasteiger partial charge in [0, 0.05) is 21.9 Å². The Balaban J connectivity index is 3.13. The summed E-state index contributed by atoms with van der Waals surface area (Å²) in [5.41, 5.74) is 7.38. The number of thiol groups is 1. The third-order valence-electron chi connectivity index (χ3n) is 1.91. The van der Waals surface area contributed by atoms with Gasteiger partial charge in [-0.05, 0) is 19.1 Å². The van der Waals surface area contributed by atoms with Crippen molar-refractivity contribution in [3.05, 3.63) is 40.0 Å². The third kappa shape index (κ3) is 3.44. The van der Waals surface area contributed by atoms with Gasteiger partial charge in [0.15, 0.2) is 0 Å². The zero-order valence-corrected chi connectivity index (χ0v) is 11.2. The normalized spacial score (nSPS) is 11.6. The van der Waals surface area contributed by atoms with Crippen molar-refractivity contribution in [3.8, 4) is 0 Å². The highest BCUT2D eigenvalue weighted by Crippen LogP contribution is 2.28. The van der Waals surface area contributed by atoms with Gasteiger partial charge in [-0.1, -0.05) is 29.8 Å². The van der Waals surface area contributed by atoms with E-state index in [1.807, 2.05) is 6.92 Å². The zero-order valence-electron chi connectivity index (χ0n) is 8.80. The largest absolute Gasteiger partial charge is 0.401 e. The molecule has 0 atom stereocenters. The van der Waals surface area contributed by atoms with Crippen molar-refractivity contribution >= 4 is 41.5 Å². The minimum Gasteiger partial charge on any atom is -0.401 e. The van der Waals surface area contributed by atoms with Crippen molar-refractivity contribution in [1.82, 2.24) is 0 Å². The predicted molar refractivity (Wildman–Crippen MR) is 74.1 cm³/mol. The van der Waals surface area contributed by atoms with E-state index in [0.29, 0.717) is 27.9 Å². The van der Waals surface area contributed by atoms with Crippen LogP contribution in [0.25, 0.3) is 0 Å². The molecule has 0 radical (unpaired) electrons. The van der Waals surface area contributed by atoms with Crippen molar-refractivity contribution in [2.45, 2.75) is 11.8 Å². The maximum atomic E-state index is 6.08. The molecule has 16 heavy (non-hydrogen) atoms. The average Bonchev–Trinajstić information content (AvgIpc) is 2.12. The summed E-state index contributed by atoms with van der Waals surface area (Å²) in [6.45, 7) is 5.76. The van der Waals surface area contributed by atoms with E-state index in [1.54, 1.807) is 12.1 Å². The second-order valence-electron chi connectivity index (χ2n) is 3.34. The van der Waals surface area contributed by atoms with Gasteiger partial charge in [0.2, 0.25) is 0 Å². The highest BCUT2D eigenvalue weighted by atomic mass is 35.5. The molecule has 0 heterocycles. The minimum absolute atomic E-state index is 0.362. The Morgan fingerprint density at radius 1 is 1.44 bits per heavy atom. The Kier molecular flexibility index (Phi) is 4.71. The van der Waals surface area contributed by atoms with Gasteiger partial charge in [0.05, 0.1) is 16.6 Å². The maximum Gasteiger partial charge on any atom is 0.0781 e. The van der Waals surface area contributed by atoms with E-state index in [-0.39, 0.29) is 0 Å². The van der Waals surface area contributed by atoms with Crippen molar-refractivity contribution in [2.75, 3.05) is 6.54 Å². The number of nitrogens with zero attached hydrogens (tertiary/aromatic N) is 1. The van der Waals surface area contributed by atoms with E-state index in [0.717, 1.165) is 10.6 Å². The monoisotopic (exact) mass is 274 g/mol. The smallest absolute Gasteiger partial charge is 0.0781 e. The van der Waals surface area contributed by atoms with Crippen LogP contribution in [0.4, 0.5) is 0 Å². The first-order chi connectivity index (χ1) is 7.41. The van der Waals surface area contributed by atoms with Crippen LogP contribution in [0.1, 0.15) is 12.5 Å². The van der Waals surface area contributed by atoms with Crippen LogP contribution in [0.2, 0.25) is 10.0 Å². The fourth-order valence-electron chi connectivity index (χ4n) is 1.20. The van der Waals surface area contributed by atoms with E-state index in [1.165, 1.54) is 0 Å². The molecule has 0 spiro atoms. The van der Waals surface area contributed by atoms with Crippen LogP contribution in [0.15, 0.2) is 34.3 Å². The van der Waals surface area contributed by atoms with Gasteiger partial charge in [-0.15, -0.1) is 12.6 Å². The summed E-state index contributed by atoms with van der Waals surface area (Å²) in [6.07, 6.45) is 0. The predicted octanol–water partition coefficient (Wildman–Crippen LogP) is 3.56. The third-order valence-corrected chi connectivity index (χ3v) is 2.76. The Morgan fingerprint density at radius 2 is 1.94 bits per heavy atom. The van der Waals surface area contributed by atoms with Gasteiger partial charge in [-0.3, -0.25) is 4.99 Å². The molecule has 86 valence electrons. The number of hydrogen-bond donors (Lipinski definition) is 2. The standard InChI is InChI=1S/C11H12Cl2N2S/c1-6(14)5-15-7(2)11-9(12)3-8(16)4-10(11)13/h3-4,16H,1,5,14H2,2H3. The van der Waals surface area contributed by atoms with Crippen molar-refractivity contribution < 1.29 is 0 Å². The molecule has 0 saturated carbocycles. The maximum absolute atomic E-state index is 6.08. The number of aliphatic imine (C=N–C) groups is 1. The summed E-state index contributed by atoms with van der Waals surface area (Å²) in [6, 6.07) is 3.45. The highest BCUT2D eigenvalue weighted by molar-refractivity contribution is 7.80. The summed E-state index contributed by atoms with van der Waals surface area (Å²) >= 11 is 16.3. The molecular formula is C11H12Cl2N2S. The molecule has 0 amide bonds. The molecule has 0 aliphatic carbocycles. The molecule has 1 aromatic carbocycles. The first-order valence-electron chi connectivity index (χ1n) is 4.54. The van der Waals surface area contributed by atoms with E-state index in [2.05, 4.69) is 24.2 Å². The van der Waals surface area contributed by atoms with Crippen LogP contribution < -0.4 is 5.73 Å². The Bertz CT molecular complexity index is 432. The summed E-state index contributed by atoms with van der Waals surface area (Å²) in [7, 11) is 0. The van der Waals surface area contributed by atoms with Gasteiger partial charge in [-0.25, -0.2) is 0 Å². The quantitative estimate of drug-likeness (QED) is 0.642. The molecule has 1 aromatic rings. The first-order valence-corrected chi connectivity index (χ1v) is 5.75. The number of hydrogen-bond acceptors (Lipinski definition) is 3. The zero-order chi connectivity index (χ0) is 12.3. The van der Waals surface area contributed by atoms with Gasteiger partial charge in [0.1, 0.15) is 0 Å². The van der Waals surface area contributed by atoms with Crippen molar-refractivity contribution in [3.63, 3.8) is 0 Å². The number of benzene rings is 1. The molecule has 0 saturated heterocycles. The molecule has 0 unspecified atom stereocenters. The van der Waals surface area contributed by atoms with E-state index < -0.39 is 0 Å². The molecule has 5 heteroatoms. The van der Waals surface area contributed by atoms with Crippen LogP contribution in [-0.4, -0.2) is 12.3 Å². The van der Waals surface area contributed by atoms with Gasteiger partial charge >= 0.3 is 0 Å². The number of halogens is 2. The Hall–Kier alpha value is -0.640. The lowest BCUT2D eigenvalue weighted by Gasteiger charge is -2.08. The highest BCUT2D eigenvalue weighted by Gasteiger charge is 2.09. The fraction of sp³-hybridized carbons (Fsp3) is 0.182. The van der Waals surface area contributed by atoms with Crippen LogP contribution in [0, 0.1) is 0 Å². The molecule has 0 aliphatic heterocycles. The second kappa shape index (κ2) is 5.62. The SMILES string of the molecule is C=C(N)CN=C(C)c1c(Cl)cc(S)cc1Cl. The molecular weight excluding hydrogens is 263 g/mol. The molecule has 2 nitrogen and oxygen atoms in total. The van der Waals surface area contributed by atoms with E-state index in [9.17, 15) is 0 Å². The molecule has 1 rings (SSSR count). The van der Waals surface area contributed by atoms with Crippen molar-refractivity contribution in [1.29, 1.82) is 0 Å². The summed E-state index contributed by atoms with van der Waals surface area (Å²) in [5, 5.41) is 1.06. The van der Waals surface area contributed by atoms with Crippen LogP contribution in [0.3, 0.4) is 0 Å². The lowest BCUT2D eigenvalue weighted by atomic mass is 10.1. The number of nitrogens with two attached hydrogens (primary N) is 1. The van der Waals surface area contributed by atoms with E-state index >= 15 is 0 Å². The van der Waals surface area contributed by atoms with Crippen LogP contribution in [0.5, 0.6) is 0 Å². The van der Waals surface area contributed by atoms with E-state index in [4.69, 9.17) is 28.9 Å². The molecule has 0 aromatic heterocycles. The topological polar surface area (TPSA) is 38.4 Å². The molecule has 0 bridgehead atoms. The van der Waals surface area contributed by atoms with Gasteiger partial charge in [-0.2, -0.15) is 0 Å². The van der Waals surface area contributed by atoms with Crippen LogP contribution in [-0.2, 0) is 0 Å². The van der Waals surface area contributed by atoms with Gasteiger partial charge < -0.3 is 5.73 Å². The molecule has 0 fully saturated rings. The second-order valence-corrected chi connectivity index (χ2v) is 4.68. The number of rotatable bonds is 3. The Labute approximate surface area is 111 Å². The molecule has 0 aliphatic rings. The first kappa shape index (κ1) is 13.4. The lowest BCUT2D eigenvalue weighted by molar-refractivity contribution is 1.11. The minimum atomic E-state index is 0.362. The van der Waals surface area contributed by atoms with Crippen molar-refractivity contribution in [2.24, 2.45) is 10.7 Å². The molecule has 2 N–H and O–H groups in total. The Morgan fingerprint density at radius 3 is 2.38 bits per heavy atom. The van der Waals surface area contributed by atoms with Crippen LogP contribution >= 0.6 is 35.8 Å².